The van der Waals surface area contributed by atoms with E-state index in [0.717, 1.165) is 22.6 Å². The molecule has 18 heavy (non-hydrogen) atoms. The molecule has 3 rings (SSSR count). The minimum Gasteiger partial charge on any atom is -0.317 e. The van der Waals surface area contributed by atoms with Gasteiger partial charge in [0.25, 0.3) is 0 Å². The fourth-order valence-corrected chi connectivity index (χ4v) is 3.90. The lowest BCUT2D eigenvalue weighted by molar-refractivity contribution is 0.440. The Morgan fingerprint density at radius 2 is 2.17 bits per heavy atom. The lowest BCUT2D eigenvalue weighted by Crippen LogP contribution is -2.27. The molecule has 0 saturated carbocycles. The van der Waals surface area contributed by atoms with Gasteiger partial charge in [-0.15, -0.1) is 11.3 Å². The minimum atomic E-state index is 0.654. The van der Waals surface area contributed by atoms with Gasteiger partial charge < -0.3 is 5.32 Å². The Bertz CT molecular complexity index is 540. The highest BCUT2D eigenvalue weighted by Gasteiger charge is 2.20. The van der Waals surface area contributed by atoms with Crippen LogP contribution in [0.1, 0.15) is 24.5 Å². The number of aromatic nitrogens is 2. The molecule has 96 valence electrons. The van der Waals surface area contributed by atoms with Crippen molar-refractivity contribution in [1.29, 1.82) is 0 Å². The fraction of sp³-hybridized carbons (Fsp3) is 0.462. The van der Waals surface area contributed by atoms with E-state index in [2.05, 4.69) is 56.3 Å². The van der Waals surface area contributed by atoms with E-state index in [1.165, 1.54) is 23.4 Å². The van der Waals surface area contributed by atoms with Crippen LogP contribution >= 0.6 is 27.3 Å². The Balaban J connectivity index is 1.90. The summed E-state index contributed by atoms with van der Waals surface area (Å²) in [6.07, 6.45) is 2.43. The van der Waals surface area contributed by atoms with Gasteiger partial charge in [0.1, 0.15) is 5.69 Å². The van der Waals surface area contributed by atoms with Crippen LogP contribution in [0.3, 0.4) is 0 Å². The Morgan fingerprint density at radius 1 is 1.39 bits per heavy atom. The Labute approximate surface area is 119 Å². The second-order valence-electron chi connectivity index (χ2n) is 4.71. The summed E-state index contributed by atoms with van der Waals surface area (Å²) in [5.41, 5.74) is 2.47. The maximum absolute atomic E-state index is 4.66. The number of thiophene rings is 1. The van der Waals surface area contributed by atoms with Gasteiger partial charge in [-0.05, 0) is 60.1 Å². The maximum atomic E-state index is 4.66. The van der Waals surface area contributed by atoms with E-state index >= 15 is 0 Å². The summed E-state index contributed by atoms with van der Waals surface area (Å²) < 4.78 is 3.21. The van der Waals surface area contributed by atoms with Crippen molar-refractivity contribution in [3.05, 3.63) is 27.7 Å². The van der Waals surface area contributed by atoms with Gasteiger partial charge in [0.2, 0.25) is 0 Å². The third kappa shape index (κ3) is 2.39. The summed E-state index contributed by atoms with van der Waals surface area (Å²) >= 11 is 5.25. The molecular weight excluding hydrogens is 310 g/mol. The van der Waals surface area contributed by atoms with Gasteiger partial charge in [0, 0.05) is 18.7 Å². The van der Waals surface area contributed by atoms with Crippen LogP contribution in [-0.4, -0.2) is 22.9 Å². The molecule has 3 heterocycles. The Kier molecular flexibility index (Phi) is 3.54. The first-order valence-electron chi connectivity index (χ1n) is 6.24. The molecule has 0 bridgehead atoms. The van der Waals surface area contributed by atoms with Crippen LogP contribution in [0.2, 0.25) is 0 Å². The molecule has 0 radical (unpaired) electrons. The standard InChI is InChI=1S/C13H16BrN3S/c1-17-11(9-4-6-15-7-5-9)8-10(16-17)12-2-3-13(14)18-12/h2-3,8-9,15H,4-7H2,1H3. The van der Waals surface area contributed by atoms with Crippen molar-refractivity contribution in [3.63, 3.8) is 0 Å². The van der Waals surface area contributed by atoms with Crippen molar-refractivity contribution in [2.45, 2.75) is 18.8 Å². The number of aryl methyl sites for hydroxylation is 1. The molecule has 2 aromatic heterocycles. The van der Waals surface area contributed by atoms with Crippen LogP contribution in [0.4, 0.5) is 0 Å². The van der Waals surface area contributed by atoms with Crippen molar-refractivity contribution in [3.8, 4) is 10.6 Å². The van der Waals surface area contributed by atoms with Crippen LogP contribution in [0, 0.1) is 0 Å². The number of hydrogen-bond acceptors (Lipinski definition) is 3. The van der Waals surface area contributed by atoms with E-state index < -0.39 is 0 Å². The first-order chi connectivity index (χ1) is 8.74. The molecule has 1 aliphatic heterocycles. The third-order valence-electron chi connectivity index (χ3n) is 3.50. The smallest absolute Gasteiger partial charge is 0.103 e. The number of hydrogen-bond donors (Lipinski definition) is 1. The molecule has 2 aromatic rings. The Hall–Kier alpha value is -0.650. The second kappa shape index (κ2) is 5.15. The molecule has 1 fully saturated rings. The highest BCUT2D eigenvalue weighted by Crippen LogP contribution is 2.33. The van der Waals surface area contributed by atoms with Crippen LogP contribution in [0.15, 0.2) is 22.0 Å². The molecule has 0 aliphatic carbocycles. The SMILES string of the molecule is Cn1nc(-c2ccc(Br)s2)cc1C1CCNCC1. The fourth-order valence-electron chi connectivity index (χ4n) is 2.55. The molecule has 5 heteroatoms. The number of halogens is 1. The monoisotopic (exact) mass is 325 g/mol. The number of nitrogens with one attached hydrogen (secondary N) is 1. The van der Waals surface area contributed by atoms with Crippen LogP contribution in [0.5, 0.6) is 0 Å². The molecule has 1 N–H and O–H groups in total. The summed E-state index contributed by atoms with van der Waals surface area (Å²) in [7, 11) is 2.06. The van der Waals surface area contributed by atoms with Crippen molar-refractivity contribution >= 4 is 27.3 Å². The quantitative estimate of drug-likeness (QED) is 0.917. The van der Waals surface area contributed by atoms with Gasteiger partial charge in [0.15, 0.2) is 0 Å². The summed E-state index contributed by atoms with van der Waals surface area (Å²) in [5.74, 6) is 0.654. The number of rotatable bonds is 2. The molecule has 1 aliphatic rings. The molecule has 0 amide bonds. The first-order valence-corrected chi connectivity index (χ1v) is 7.85. The van der Waals surface area contributed by atoms with E-state index in [1.54, 1.807) is 11.3 Å². The number of piperidine rings is 1. The first kappa shape index (κ1) is 12.4. The normalized spacial score (nSPS) is 17.2. The van der Waals surface area contributed by atoms with E-state index in [0.29, 0.717) is 5.92 Å². The molecule has 1 saturated heterocycles. The average molecular weight is 326 g/mol. The average Bonchev–Trinajstić information content (AvgIpc) is 2.97. The van der Waals surface area contributed by atoms with Gasteiger partial charge in [0.05, 0.1) is 8.66 Å². The lowest BCUT2D eigenvalue weighted by atomic mass is 9.94. The van der Waals surface area contributed by atoms with Gasteiger partial charge in [-0.25, -0.2) is 0 Å². The van der Waals surface area contributed by atoms with Gasteiger partial charge in [-0.2, -0.15) is 5.10 Å². The van der Waals surface area contributed by atoms with Crippen molar-refractivity contribution < 1.29 is 0 Å². The van der Waals surface area contributed by atoms with E-state index in [1.807, 2.05) is 0 Å². The van der Waals surface area contributed by atoms with Crippen molar-refractivity contribution in [2.75, 3.05) is 13.1 Å². The topological polar surface area (TPSA) is 29.9 Å². The summed E-state index contributed by atoms with van der Waals surface area (Å²) in [6, 6.07) is 6.47. The highest BCUT2D eigenvalue weighted by atomic mass is 79.9. The zero-order valence-corrected chi connectivity index (χ0v) is 12.7. The second-order valence-corrected chi connectivity index (χ2v) is 7.17. The predicted molar refractivity (Wildman–Crippen MR) is 79.1 cm³/mol. The molecule has 0 unspecified atom stereocenters. The van der Waals surface area contributed by atoms with Crippen LogP contribution in [0.25, 0.3) is 10.6 Å². The van der Waals surface area contributed by atoms with Gasteiger partial charge in [-0.3, -0.25) is 4.68 Å². The summed E-state index contributed by atoms with van der Waals surface area (Å²) in [4.78, 5) is 1.23. The largest absolute Gasteiger partial charge is 0.317 e. The lowest BCUT2D eigenvalue weighted by Gasteiger charge is -2.22. The minimum absolute atomic E-state index is 0.654. The maximum Gasteiger partial charge on any atom is 0.103 e. The molecule has 3 nitrogen and oxygen atoms in total. The van der Waals surface area contributed by atoms with Crippen LogP contribution in [-0.2, 0) is 7.05 Å². The zero-order valence-electron chi connectivity index (χ0n) is 10.3. The zero-order chi connectivity index (χ0) is 12.5. The highest BCUT2D eigenvalue weighted by molar-refractivity contribution is 9.11. The predicted octanol–water partition coefficient (Wildman–Crippen LogP) is 3.38. The van der Waals surface area contributed by atoms with Crippen molar-refractivity contribution in [1.82, 2.24) is 15.1 Å². The Morgan fingerprint density at radius 3 is 2.83 bits per heavy atom. The van der Waals surface area contributed by atoms with Crippen molar-refractivity contribution in [2.24, 2.45) is 7.05 Å². The number of nitrogens with zero attached hydrogens (tertiary/aromatic N) is 2. The molecule has 0 aromatic carbocycles. The summed E-state index contributed by atoms with van der Waals surface area (Å²) in [5, 5.41) is 8.07. The molecular formula is C13H16BrN3S. The molecule has 0 spiro atoms. The van der Waals surface area contributed by atoms with Gasteiger partial charge in [-0.1, -0.05) is 0 Å². The summed E-state index contributed by atoms with van der Waals surface area (Å²) in [6.45, 7) is 2.24. The van der Waals surface area contributed by atoms with E-state index in [-0.39, 0.29) is 0 Å². The van der Waals surface area contributed by atoms with E-state index in [9.17, 15) is 0 Å². The molecule has 0 atom stereocenters. The van der Waals surface area contributed by atoms with Gasteiger partial charge >= 0.3 is 0 Å². The van der Waals surface area contributed by atoms with Crippen LogP contribution < -0.4 is 5.32 Å². The van der Waals surface area contributed by atoms with E-state index in [4.69, 9.17) is 0 Å². The third-order valence-corrected chi connectivity index (χ3v) is 5.15.